The average Bonchev–Trinajstić information content (AvgIpc) is 2.01. The van der Waals surface area contributed by atoms with Crippen molar-refractivity contribution in [2.45, 2.75) is 20.3 Å². The number of ether oxygens (including phenoxy) is 2. The molecule has 4 N–H and O–H groups in total. The van der Waals surface area contributed by atoms with E-state index in [1.165, 1.54) is 0 Å². The molecular weight excluding hydrogens is 208 g/mol. The molecule has 0 aliphatic carbocycles. The van der Waals surface area contributed by atoms with Gasteiger partial charge in [0.25, 0.3) is 10.3 Å². The van der Waals surface area contributed by atoms with Gasteiger partial charge in [0.05, 0.1) is 13.2 Å². The zero-order valence-electron chi connectivity index (χ0n) is 7.91. The van der Waals surface area contributed by atoms with Crippen LogP contribution in [-0.2, 0) is 9.47 Å². The van der Waals surface area contributed by atoms with Gasteiger partial charge in [-0.25, -0.2) is 0 Å². The number of hydrogen-bond acceptors (Lipinski definition) is 4. The third-order valence-electron chi connectivity index (χ3n) is 0.735. The molecule has 0 amide bonds. The highest BCUT2D eigenvalue weighted by Gasteiger charge is 1.81. The first-order chi connectivity index (χ1) is 6.04. The molecule has 0 unspecified atom stereocenters. The predicted molar refractivity (Wildman–Crippen MR) is 61.4 cm³/mol. The minimum absolute atomic E-state index is 0.123. The summed E-state index contributed by atoms with van der Waals surface area (Å²) in [4.78, 5) is 0. The zero-order valence-corrected chi connectivity index (χ0v) is 9.54. The highest BCUT2D eigenvalue weighted by molar-refractivity contribution is 7.80. The molecule has 0 fully saturated rings. The summed E-state index contributed by atoms with van der Waals surface area (Å²) < 4.78 is 9.25. The molecule has 0 saturated heterocycles. The SMILES string of the molecule is CCCOC(N)=S.CCOC(N)=S. The highest BCUT2D eigenvalue weighted by Crippen LogP contribution is 1.77. The van der Waals surface area contributed by atoms with E-state index >= 15 is 0 Å². The van der Waals surface area contributed by atoms with E-state index in [-0.39, 0.29) is 10.3 Å². The molecule has 0 aromatic heterocycles. The Labute approximate surface area is 89.6 Å². The summed E-state index contributed by atoms with van der Waals surface area (Å²) in [6.07, 6.45) is 0.956. The third-order valence-corrected chi connectivity index (χ3v) is 0.971. The monoisotopic (exact) mass is 224 g/mol. The quantitative estimate of drug-likeness (QED) is 0.695. The fraction of sp³-hybridized carbons (Fsp3) is 0.714. The maximum absolute atomic E-state index is 4.99. The van der Waals surface area contributed by atoms with Crippen LogP contribution in [0.15, 0.2) is 0 Å². The summed E-state index contributed by atoms with van der Waals surface area (Å²) in [5.74, 6) is 0. The van der Waals surface area contributed by atoms with E-state index in [4.69, 9.17) is 16.2 Å². The largest absolute Gasteiger partial charge is 0.472 e. The topological polar surface area (TPSA) is 70.5 Å². The second kappa shape index (κ2) is 11.4. The summed E-state index contributed by atoms with van der Waals surface area (Å²) in [7, 11) is 0. The minimum Gasteiger partial charge on any atom is -0.472 e. The molecule has 0 rings (SSSR count). The van der Waals surface area contributed by atoms with Crippen molar-refractivity contribution in [1.82, 2.24) is 0 Å². The summed E-state index contributed by atoms with van der Waals surface area (Å²) in [5.41, 5.74) is 9.90. The second-order valence-electron chi connectivity index (χ2n) is 1.92. The molecule has 0 saturated carbocycles. The fourth-order valence-corrected chi connectivity index (χ4v) is 0.546. The molecule has 0 aliphatic heterocycles. The first-order valence-electron chi connectivity index (χ1n) is 3.89. The van der Waals surface area contributed by atoms with Crippen LogP contribution in [0, 0.1) is 0 Å². The summed E-state index contributed by atoms with van der Waals surface area (Å²) in [6, 6.07) is 0. The zero-order chi connectivity index (χ0) is 10.7. The maximum atomic E-state index is 4.99. The van der Waals surface area contributed by atoms with E-state index in [9.17, 15) is 0 Å². The Morgan fingerprint density at radius 2 is 1.54 bits per heavy atom. The third kappa shape index (κ3) is 24.6. The molecular formula is C7H16N2O2S2. The smallest absolute Gasteiger partial charge is 0.253 e. The van der Waals surface area contributed by atoms with Crippen LogP contribution in [0.1, 0.15) is 20.3 Å². The van der Waals surface area contributed by atoms with Gasteiger partial charge in [0, 0.05) is 0 Å². The van der Waals surface area contributed by atoms with E-state index in [2.05, 4.69) is 29.2 Å². The number of hydrogen-bond donors (Lipinski definition) is 2. The predicted octanol–water partition coefficient (Wildman–Crippen LogP) is 0.923. The van der Waals surface area contributed by atoms with Crippen molar-refractivity contribution in [3.8, 4) is 0 Å². The molecule has 0 spiro atoms. The van der Waals surface area contributed by atoms with Crippen molar-refractivity contribution < 1.29 is 9.47 Å². The van der Waals surface area contributed by atoms with Crippen LogP contribution < -0.4 is 11.5 Å². The highest BCUT2D eigenvalue weighted by atomic mass is 32.1. The molecule has 13 heavy (non-hydrogen) atoms. The summed E-state index contributed by atoms with van der Waals surface area (Å²) in [5, 5.41) is 0.263. The van der Waals surface area contributed by atoms with Crippen LogP contribution in [0.5, 0.6) is 0 Å². The van der Waals surface area contributed by atoms with Gasteiger partial charge in [-0.2, -0.15) is 0 Å². The van der Waals surface area contributed by atoms with E-state index in [0.29, 0.717) is 13.2 Å². The lowest BCUT2D eigenvalue weighted by Gasteiger charge is -1.96. The van der Waals surface area contributed by atoms with Crippen molar-refractivity contribution in [1.29, 1.82) is 0 Å². The number of rotatable bonds is 3. The summed E-state index contributed by atoms with van der Waals surface area (Å²) >= 11 is 8.77. The number of nitrogens with two attached hydrogens (primary N) is 2. The Bertz CT molecular complexity index is 153. The van der Waals surface area contributed by atoms with Gasteiger partial charge in [-0.3, -0.25) is 0 Å². The molecule has 6 heteroatoms. The van der Waals surface area contributed by atoms with Crippen LogP contribution in [0.4, 0.5) is 0 Å². The van der Waals surface area contributed by atoms with Gasteiger partial charge in [-0.05, 0) is 37.8 Å². The van der Waals surface area contributed by atoms with Crippen LogP contribution in [-0.4, -0.2) is 23.6 Å². The van der Waals surface area contributed by atoms with Crippen molar-refractivity contribution in [3.63, 3.8) is 0 Å². The molecule has 0 atom stereocenters. The molecule has 0 aromatic rings. The van der Waals surface area contributed by atoms with Crippen LogP contribution in [0.3, 0.4) is 0 Å². The van der Waals surface area contributed by atoms with Crippen molar-refractivity contribution >= 4 is 34.8 Å². The maximum Gasteiger partial charge on any atom is 0.253 e. The van der Waals surface area contributed by atoms with Crippen LogP contribution >= 0.6 is 24.4 Å². The van der Waals surface area contributed by atoms with Gasteiger partial charge in [-0.1, -0.05) is 6.92 Å². The van der Waals surface area contributed by atoms with E-state index in [1.54, 1.807) is 0 Å². The molecule has 0 aromatic carbocycles. The molecule has 0 aliphatic rings. The molecule has 0 heterocycles. The van der Waals surface area contributed by atoms with Gasteiger partial charge < -0.3 is 20.9 Å². The van der Waals surface area contributed by atoms with Crippen molar-refractivity contribution in [2.24, 2.45) is 11.5 Å². The van der Waals surface area contributed by atoms with E-state index in [0.717, 1.165) is 6.42 Å². The lowest BCUT2D eigenvalue weighted by Crippen LogP contribution is -2.12. The Balaban J connectivity index is 0. The van der Waals surface area contributed by atoms with Gasteiger partial charge in [0.2, 0.25) is 0 Å². The van der Waals surface area contributed by atoms with Gasteiger partial charge >= 0.3 is 0 Å². The lowest BCUT2D eigenvalue weighted by atomic mass is 10.5. The lowest BCUT2D eigenvalue weighted by molar-refractivity contribution is 0.308. The Hall–Kier alpha value is -0.620. The average molecular weight is 224 g/mol. The molecule has 0 radical (unpaired) electrons. The first-order valence-corrected chi connectivity index (χ1v) is 4.70. The van der Waals surface area contributed by atoms with Gasteiger partial charge in [0.1, 0.15) is 0 Å². The normalized spacial score (nSPS) is 7.85. The van der Waals surface area contributed by atoms with Gasteiger partial charge in [0.15, 0.2) is 0 Å². The van der Waals surface area contributed by atoms with Crippen LogP contribution in [0.25, 0.3) is 0 Å². The number of thiocarbonyl (C=S) groups is 2. The van der Waals surface area contributed by atoms with Crippen LogP contribution in [0.2, 0.25) is 0 Å². The standard InChI is InChI=1S/C4H9NOS.C3H7NOS/c1-2-3-6-4(5)7;1-2-5-3(4)6/h2-3H2,1H3,(H2,5,7);2H2,1H3,(H2,4,6). The van der Waals surface area contributed by atoms with Crippen molar-refractivity contribution in [2.75, 3.05) is 13.2 Å². The van der Waals surface area contributed by atoms with E-state index in [1.807, 2.05) is 13.8 Å². The Morgan fingerprint density at radius 3 is 1.62 bits per heavy atom. The Morgan fingerprint density at radius 1 is 1.08 bits per heavy atom. The van der Waals surface area contributed by atoms with Gasteiger partial charge in [-0.15, -0.1) is 0 Å². The first kappa shape index (κ1) is 14.9. The molecule has 4 nitrogen and oxygen atoms in total. The molecule has 78 valence electrons. The fourth-order valence-electron chi connectivity index (χ4n) is 0.345. The second-order valence-corrected chi connectivity index (χ2v) is 2.72. The van der Waals surface area contributed by atoms with Crippen molar-refractivity contribution in [3.05, 3.63) is 0 Å². The minimum atomic E-state index is 0.123. The Kier molecular flexibility index (Phi) is 13.0. The molecule has 0 bridgehead atoms. The summed E-state index contributed by atoms with van der Waals surface area (Å²) in [6.45, 7) is 5.03. The van der Waals surface area contributed by atoms with E-state index < -0.39 is 0 Å².